The third kappa shape index (κ3) is 2.45. The van der Waals surface area contributed by atoms with Crippen LogP contribution in [0.3, 0.4) is 0 Å². The molecule has 2 N–H and O–H groups in total. The fraction of sp³-hybridized carbons (Fsp3) is 0.385. The summed E-state index contributed by atoms with van der Waals surface area (Å²) < 4.78 is 4.57. The number of hydrogen-bond acceptors (Lipinski definition) is 5. The number of para-hydroxylation sites is 1. The lowest BCUT2D eigenvalue weighted by atomic mass is 9.98. The standard InChI is InChI=1S/C13H15ClN4S/c14-13-11(16-17-19-13)8-18-7-9(5-6-15)10-3-1-2-4-12(10)18/h1-4,9H,5-8,15H2. The number of benzene rings is 1. The highest BCUT2D eigenvalue weighted by Gasteiger charge is 2.28. The van der Waals surface area contributed by atoms with Gasteiger partial charge in [-0.3, -0.25) is 0 Å². The van der Waals surface area contributed by atoms with E-state index in [1.54, 1.807) is 0 Å². The highest BCUT2D eigenvalue weighted by molar-refractivity contribution is 7.10. The molecule has 0 spiro atoms. The number of nitrogens with two attached hydrogens (primary N) is 1. The van der Waals surface area contributed by atoms with Crippen molar-refractivity contribution in [2.75, 3.05) is 18.0 Å². The molecular formula is C13H15ClN4S. The lowest BCUT2D eigenvalue weighted by Gasteiger charge is -2.18. The predicted octanol–water partition coefficient (Wildman–Crippen LogP) is 2.64. The minimum absolute atomic E-state index is 0.506. The third-order valence-corrected chi connectivity index (χ3v) is 4.51. The molecule has 4 nitrogen and oxygen atoms in total. The Labute approximate surface area is 121 Å². The average molecular weight is 295 g/mol. The number of halogens is 1. The van der Waals surface area contributed by atoms with Crippen LogP contribution in [-0.2, 0) is 6.54 Å². The maximum Gasteiger partial charge on any atom is 0.139 e. The molecule has 0 radical (unpaired) electrons. The van der Waals surface area contributed by atoms with Gasteiger partial charge < -0.3 is 10.6 Å². The molecule has 2 heterocycles. The number of anilines is 1. The molecule has 1 aromatic carbocycles. The summed E-state index contributed by atoms with van der Waals surface area (Å²) in [4.78, 5) is 2.32. The van der Waals surface area contributed by atoms with Crippen molar-refractivity contribution >= 4 is 28.8 Å². The zero-order chi connectivity index (χ0) is 13.2. The van der Waals surface area contributed by atoms with Gasteiger partial charge in [-0.05, 0) is 24.6 Å². The summed E-state index contributed by atoms with van der Waals surface area (Å²) in [5.41, 5.74) is 9.22. The Bertz CT molecular complexity index is 571. The van der Waals surface area contributed by atoms with E-state index < -0.39 is 0 Å². The van der Waals surface area contributed by atoms with Crippen molar-refractivity contribution < 1.29 is 0 Å². The lowest BCUT2D eigenvalue weighted by molar-refractivity contribution is 0.641. The van der Waals surface area contributed by atoms with Gasteiger partial charge in [-0.1, -0.05) is 34.3 Å². The Morgan fingerprint density at radius 2 is 2.26 bits per heavy atom. The van der Waals surface area contributed by atoms with E-state index in [4.69, 9.17) is 17.3 Å². The minimum Gasteiger partial charge on any atom is -0.365 e. The van der Waals surface area contributed by atoms with E-state index in [0.29, 0.717) is 23.3 Å². The lowest BCUT2D eigenvalue weighted by Crippen LogP contribution is -2.22. The summed E-state index contributed by atoms with van der Waals surface area (Å²) in [7, 11) is 0. The highest BCUT2D eigenvalue weighted by Crippen LogP contribution is 2.38. The molecule has 1 aliphatic heterocycles. The molecule has 1 atom stereocenters. The van der Waals surface area contributed by atoms with E-state index in [2.05, 4.69) is 38.8 Å². The maximum atomic E-state index is 6.09. The molecule has 0 amide bonds. The summed E-state index contributed by atoms with van der Waals surface area (Å²) in [5.74, 6) is 0.506. The summed E-state index contributed by atoms with van der Waals surface area (Å²) >= 11 is 7.33. The highest BCUT2D eigenvalue weighted by atomic mass is 35.5. The fourth-order valence-corrected chi connectivity index (χ4v) is 3.27. The van der Waals surface area contributed by atoms with Gasteiger partial charge in [-0.2, -0.15) is 0 Å². The van der Waals surface area contributed by atoms with Crippen molar-refractivity contribution in [3.63, 3.8) is 0 Å². The molecule has 0 saturated heterocycles. The van der Waals surface area contributed by atoms with Gasteiger partial charge in [0.05, 0.1) is 6.54 Å². The Kier molecular flexibility index (Phi) is 3.68. The Hall–Kier alpha value is -1.17. The SMILES string of the molecule is NCCC1CN(Cc2nnsc2Cl)c2ccccc21. The molecule has 0 bridgehead atoms. The van der Waals surface area contributed by atoms with E-state index in [1.165, 1.54) is 22.8 Å². The second-order valence-corrected chi connectivity index (χ2v) is 6.06. The number of nitrogens with zero attached hydrogens (tertiary/aromatic N) is 3. The minimum atomic E-state index is 0.506. The van der Waals surface area contributed by atoms with Crippen molar-refractivity contribution in [2.45, 2.75) is 18.9 Å². The van der Waals surface area contributed by atoms with Crippen molar-refractivity contribution in [3.8, 4) is 0 Å². The van der Waals surface area contributed by atoms with Crippen molar-refractivity contribution in [3.05, 3.63) is 39.9 Å². The first kappa shape index (κ1) is 12.8. The van der Waals surface area contributed by atoms with Crippen LogP contribution in [0.4, 0.5) is 5.69 Å². The van der Waals surface area contributed by atoms with Gasteiger partial charge in [-0.25, -0.2) is 0 Å². The van der Waals surface area contributed by atoms with E-state index in [1.807, 2.05) is 0 Å². The molecule has 0 aliphatic carbocycles. The fourth-order valence-electron chi connectivity index (χ4n) is 2.65. The van der Waals surface area contributed by atoms with Crippen LogP contribution in [0.5, 0.6) is 0 Å². The molecule has 1 aromatic heterocycles. The molecule has 100 valence electrons. The van der Waals surface area contributed by atoms with E-state index >= 15 is 0 Å². The molecule has 6 heteroatoms. The monoisotopic (exact) mass is 294 g/mol. The molecule has 1 aliphatic rings. The topological polar surface area (TPSA) is 55.0 Å². The van der Waals surface area contributed by atoms with Crippen LogP contribution in [0.2, 0.25) is 4.34 Å². The zero-order valence-electron chi connectivity index (χ0n) is 10.4. The molecule has 3 rings (SSSR count). The normalized spacial score (nSPS) is 17.8. The van der Waals surface area contributed by atoms with Crippen LogP contribution in [0.15, 0.2) is 24.3 Å². The number of fused-ring (bicyclic) bond motifs is 1. The van der Waals surface area contributed by atoms with Gasteiger partial charge in [0, 0.05) is 29.7 Å². The Morgan fingerprint density at radius 3 is 3.00 bits per heavy atom. The molecule has 19 heavy (non-hydrogen) atoms. The molecule has 0 saturated carbocycles. The van der Waals surface area contributed by atoms with Gasteiger partial charge >= 0.3 is 0 Å². The van der Waals surface area contributed by atoms with Crippen LogP contribution in [0.1, 0.15) is 23.6 Å². The first-order chi connectivity index (χ1) is 9.29. The summed E-state index contributed by atoms with van der Waals surface area (Å²) in [6, 6.07) is 8.50. The molecule has 2 aromatic rings. The first-order valence-corrected chi connectivity index (χ1v) is 7.45. The van der Waals surface area contributed by atoms with Crippen molar-refractivity contribution in [2.24, 2.45) is 5.73 Å². The van der Waals surface area contributed by atoms with Crippen LogP contribution in [0.25, 0.3) is 0 Å². The predicted molar refractivity (Wildman–Crippen MR) is 78.8 cm³/mol. The van der Waals surface area contributed by atoms with Gasteiger partial charge in [0.25, 0.3) is 0 Å². The van der Waals surface area contributed by atoms with Gasteiger partial charge in [0.1, 0.15) is 10.0 Å². The van der Waals surface area contributed by atoms with E-state index in [-0.39, 0.29) is 0 Å². The van der Waals surface area contributed by atoms with Gasteiger partial charge in [0.15, 0.2) is 0 Å². The molecule has 1 unspecified atom stereocenters. The van der Waals surface area contributed by atoms with E-state index in [0.717, 1.165) is 18.7 Å². The van der Waals surface area contributed by atoms with Crippen LogP contribution >= 0.6 is 23.1 Å². The van der Waals surface area contributed by atoms with Crippen molar-refractivity contribution in [1.82, 2.24) is 9.59 Å². The van der Waals surface area contributed by atoms with Gasteiger partial charge in [-0.15, -0.1) is 5.10 Å². The quantitative estimate of drug-likeness (QED) is 0.942. The van der Waals surface area contributed by atoms with Crippen LogP contribution in [0, 0.1) is 0 Å². The number of hydrogen-bond donors (Lipinski definition) is 1. The molecule has 0 fully saturated rings. The number of rotatable bonds is 4. The Balaban J connectivity index is 1.86. The first-order valence-electron chi connectivity index (χ1n) is 6.30. The third-order valence-electron chi connectivity index (χ3n) is 3.52. The summed E-state index contributed by atoms with van der Waals surface area (Å²) in [5, 5.41) is 4.09. The largest absolute Gasteiger partial charge is 0.365 e. The Morgan fingerprint density at radius 1 is 1.42 bits per heavy atom. The van der Waals surface area contributed by atoms with Crippen LogP contribution < -0.4 is 10.6 Å². The second-order valence-electron chi connectivity index (χ2n) is 4.71. The second kappa shape index (κ2) is 5.45. The zero-order valence-corrected chi connectivity index (χ0v) is 12.0. The summed E-state index contributed by atoms with van der Waals surface area (Å²) in [6.45, 7) is 2.41. The van der Waals surface area contributed by atoms with Crippen LogP contribution in [-0.4, -0.2) is 22.7 Å². The van der Waals surface area contributed by atoms with E-state index in [9.17, 15) is 0 Å². The molecular weight excluding hydrogens is 280 g/mol. The smallest absolute Gasteiger partial charge is 0.139 e. The average Bonchev–Trinajstić information content (AvgIpc) is 2.97. The number of aromatic nitrogens is 2. The maximum absolute atomic E-state index is 6.09. The van der Waals surface area contributed by atoms with Gasteiger partial charge in [0.2, 0.25) is 0 Å². The van der Waals surface area contributed by atoms with Crippen molar-refractivity contribution in [1.29, 1.82) is 0 Å². The summed E-state index contributed by atoms with van der Waals surface area (Å²) in [6.07, 6.45) is 1.01.